The molecule has 0 atom stereocenters. The number of hydrogen-bond donors (Lipinski definition) is 1. The summed E-state index contributed by atoms with van der Waals surface area (Å²) in [6.45, 7) is 1.89. The van der Waals surface area contributed by atoms with Crippen molar-refractivity contribution in [2.24, 2.45) is 0 Å². The average molecular weight is 257 g/mol. The summed E-state index contributed by atoms with van der Waals surface area (Å²) in [6, 6.07) is 3.68. The maximum Gasteiger partial charge on any atom is 0.335 e. The summed E-state index contributed by atoms with van der Waals surface area (Å²) in [6.07, 6.45) is -2.62. The van der Waals surface area contributed by atoms with E-state index in [1.807, 2.05) is 0 Å². The maximum absolute atomic E-state index is 12.9. The Kier molecular flexibility index (Phi) is 3.76. The second-order valence-corrected chi connectivity index (χ2v) is 3.98. The monoisotopic (exact) mass is 257 g/mol. The molecule has 0 spiro atoms. The van der Waals surface area contributed by atoms with E-state index < -0.39 is 12.4 Å². The average Bonchev–Trinajstić information content (AvgIpc) is 2.39. The Morgan fingerprint density at radius 3 is 2.56 bits per heavy atom. The zero-order chi connectivity index (χ0) is 13.1. The highest BCUT2D eigenvalue weighted by atomic mass is 19.3. The third-order valence-corrected chi connectivity index (χ3v) is 2.86. The van der Waals surface area contributed by atoms with E-state index in [4.69, 9.17) is 9.84 Å². The number of aromatic carboxylic acids is 1. The van der Waals surface area contributed by atoms with E-state index in [9.17, 15) is 13.6 Å². The van der Waals surface area contributed by atoms with Gasteiger partial charge in [0.25, 0.3) is 6.43 Å². The zero-order valence-corrected chi connectivity index (χ0v) is 9.60. The van der Waals surface area contributed by atoms with E-state index in [1.54, 1.807) is 4.90 Å². The first-order valence-electron chi connectivity index (χ1n) is 5.57. The van der Waals surface area contributed by atoms with Crippen LogP contribution in [0.25, 0.3) is 0 Å². The number of carboxylic acid groups (broad SMARTS) is 1. The smallest absolute Gasteiger partial charge is 0.335 e. The molecule has 1 fully saturated rings. The third-order valence-electron chi connectivity index (χ3n) is 2.86. The van der Waals surface area contributed by atoms with Gasteiger partial charge in [0, 0.05) is 24.3 Å². The number of carboxylic acids is 1. The Morgan fingerprint density at radius 1 is 1.33 bits per heavy atom. The van der Waals surface area contributed by atoms with Crippen LogP contribution in [-0.4, -0.2) is 37.4 Å². The van der Waals surface area contributed by atoms with Crippen LogP contribution in [0.5, 0.6) is 0 Å². The van der Waals surface area contributed by atoms with Crippen LogP contribution < -0.4 is 4.90 Å². The van der Waals surface area contributed by atoms with E-state index in [0.29, 0.717) is 26.3 Å². The standard InChI is InChI=1S/C12H13F2NO3/c13-11(14)9-2-1-8(12(16)17)7-10(9)15-3-5-18-6-4-15/h1-2,7,11H,3-6H2,(H,16,17). The van der Waals surface area contributed by atoms with Gasteiger partial charge in [-0.2, -0.15) is 0 Å². The molecule has 1 aliphatic heterocycles. The quantitative estimate of drug-likeness (QED) is 0.901. The molecule has 0 radical (unpaired) electrons. The largest absolute Gasteiger partial charge is 0.478 e. The predicted octanol–water partition coefficient (Wildman–Crippen LogP) is 2.16. The summed E-state index contributed by atoms with van der Waals surface area (Å²) in [5, 5.41) is 8.91. The van der Waals surface area contributed by atoms with Gasteiger partial charge >= 0.3 is 5.97 Å². The van der Waals surface area contributed by atoms with Gasteiger partial charge in [-0.3, -0.25) is 0 Å². The molecule has 1 aromatic rings. The molecule has 6 heteroatoms. The van der Waals surface area contributed by atoms with Gasteiger partial charge in [0.05, 0.1) is 18.8 Å². The molecule has 4 nitrogen and oxygen atoms in total. The van der Waals surface area contributed by atoms with Crippen molar-refractivity contribution in [1.82, 2.24) is 0 Å². The minimum Gasteiger partial charge on any atom is -0.478 e. The van der Waals surface area contributed by atoms with E-state index in [-0.39, 0.29) is 16.8 Å². The fraction of sp³-hybridized carbons (Fsp3) is 0.417. The molecule has 0 aromatic heterocycles. The van der Waals surface area contributed by atoms with Gasteiger partial charge in [0.1, 0.15) is 0 Å². The molecule has 0 aliphatic carbocycles. The summed E-state index contributed by atoms with van der Waals surface area (Å²) in [4.78, 5) is 12.6. The van der Waals surface area contributed by atoms with Crippen molar-refractivity contribution < 1.29 is 23.4 Å². The van der Waals surface area contributed by atoms with E-state index >= 15 is 0 Å². The number of carbonyl (C=O) groups is 1. The van der Waals surface area contributed by atoms with Crippen molar-refractivity contribution in [3.05, 3.63) is 29.3 Å². The summed E-state index contributed by atoms with van der Waals surface area (Å²) in [5.74, 6) is -1.12. The fourth-order valence-electron chi connectivity index (χ4n) is 1.94. The lowest BCUT2D eigenvalue weighted by molar-refractivity contribution is 0.0696. The summed E-state index contributed by atoms with van der Waals surface area (Å²) in [5.41, 5.74) is 0.163. The third kappa shape index (κ3) is 2.59. The SMILES string of the molecule is O=C(O)c1ccc(C(F)F)c(N2CCOCC2)c1. The summed E-state index contributed by atoms with van der Waals surface area (Å²) >= 11 is 0. The van der Waals surface area contributed by atoms with Gasteiger partial charge in [-0.25, -0.2) is 13.6 Å². The van der Waals surface area contributed by atoms with Crippen LogP contribution >= 0.6 is 0 Å². The van der Waals surface area contributed by atoms with Gasteiger partial charge in [-0.05, 0) is 12.1 Å². The van der Waals surface area contributed by atoms with Gasteiger partial charge < -0.3 is 14.7 Å². The van der Waals surface area contributed by atoms with E-state index in [1.165, 1.54) is 18.2 Å². The van der Waals surface area contributed by atoms with Gasteiger partial charge in [-0.15, -0.1) is 0 Å². The highest BCUT2D eigenvalue weighted by Crippen LogP contribution is 2.31. The first kappa shape index (κ1) is 12.8. The molecular formula is C12H13F2NO3. The van der Waals surface area contributed by atoms with Crippen molar-refractivity contribution in [3.63, 3.8) is 0 Å². The lowest BCUT2D eigenvalue weighted by Crippen LogP contribution is -2.37. The van der Waals surface area contributed by atoms with Crippen LogP contribution in [0.4, 0.5) is 14.5 Å². The Bertz CT molecular complexity index is 445. The van der Waals surface area contributed by atoms with Crippen molar-refractivity contribution in [1.29, 1.82) is 0 Å². The Labute approximate surface area is 103 Å². The zero-order valence-electron chi connectivity index (χ0n) is 9.60. The number of anilines is 1. The number of ether oxygens (including phenoxy) is 1. The van der Waals surface area contributed by atoms with Crippen LogP contribution in [0, 0.1) is 0 Å². The second kappa shape index (κ2) is 5.30. The molecule has 98 valence electrons. The van der Waals surface area contributed by atoms with Crippen LogP contribution in [0.15, 0.2) is 18.2 Å². The van der Waals surface area contributed by atoms with Crippen LogP contribution in [0.2, 0.25) is 0 Å². The van der Waals surface area contributed by atoms with Gasteiger partial charge in [-0.1, -0.05) is 6.07 Å². The topological polar surface area (TPSA) is 49.8 Å². The molecule has 1 aromatic carbocycles. The van der Waals surface area contributed by atoms with Crippen molar-refractivity contribution in [3.8, 4) is 0 Å². The minimum atomic E-state index is -2.62. The Hall–Kier alpha value is -1.69. The molecule has 1 heterocycles. The summed E-state index contributed by atoms with van der Waals surface area (Å²) < 4.78 is 31.0. The molecule has 1 N–H and O–H groups in total. The molecule has 0 saturated carbocycles. The number of morpholine rings is 1. The number of nitrogens with zero attached hydrogens (tertiary/aromatic N) is 1. The normalized spacial score (nSPS) is 16.1. The molecule has 0 amide bonds. The molecule has 0 bridgehead atoms. The molecule has 2 rings (SSSR count). The van der Waals surface area contributed by atoms with Crippen LogP contribution in [0.1, 0.15) is 22.3 Å². The lowest BCUT2D eigenvalue weighted by Gasteiger charge is -2.30. The number of halogens is 2. The molecule has 18 heavy (non-hydrogen) atoms. The summed E-state index contributed by atoms with van der Waals surface area (Å²) in [7, 11) is 0. The molecular weight excluding hydrogens is 244 g/mol. The number of rotatable bonds is 3. The van der Waals surface area contributed by atoms with Crippen LogP contribution in [-0.2, 0) is 4.74 Å². The number of hydrogen-bond acceptors (Lipinski definition) is 3. The Balaban J connectivity index is 2.39. The fourth-order valence-corrected chi connectivity index (χ4v) is 1.94. The van der Waals surface area contributed by atoms with Crippen LogP contribution in [0.3, 0.4) is 0 Å². The molecule has 1 saturated heterocycles. The highest BCUT2D eigenvalue weighted by molar-refractivity contribution is 5.89. The first-order chi connectivity index (χ1) is 8.59. The number of benzene rings is 1. The second-order valence-electron chi connectivity index (χ2n) is 3.98. The number of alkyl halides is 2. The van der Waals surface area contributed by atoms with Gasteiger partial charge in [0.15, 0.2) is 0 Å². The van der Waals surface area contributed by atoms with Crippen molar-refractivity contribution in [2.45, 2.75) is 6.43 Å². The van der Waals surface area contributed by atoms with E-state index in [0.717, 1.165) is 0 Å². The molecule has 1 aliphatic rings. The van der Waals surface area contributed by atoms with Gasteiger partial charge in [0.2, 0.25) is 0 Å². The minimum absolute atomic E-state index is 0.0147. The van der Waals surface area contributed by atoms with Crippen molar-refractivity contribution >= 4 is 11.7 Å². The Morgan fingerprint density at radius 2 is 2.00 bits per heavy atom. The lowest BCUT2D eigenvalue weighted by atomic mass is 10.1. The highest BCUT2D eigenvalue weighted by Gasteiger charge is 2.21. The van der Waals surface area contributed by atoms with Crippen molar-refractivity contribution in [2.75, 3.05) is 31.2 Å². The predicted molar refractivity (Wildman–Crippen MR) is 61.4 cm³/mol. The van der Waals surface area contributed by atoms with E-state index in [2.05, 4.69) is 0 Å². The molecule has 0 unspecified atom stereocenters. The first-order valence-corrected chi connectivity index (χ1v) is 5.57. The maximum atomic E-state index is 12.9.